The number of nitrogens with zero attached hydrogens (tertiary/aromatic N) is 2. The van der Waals surface area contributed by atoms with E-state index in [1.54, 1.807) is 6.07 Å². The van der Waals surface area contributed by atoms with E-state index in [1.807, 2.05) is 38.1 Å². The Balaban J connectivity index is 1.31. The molecule has 1 saturated heterocycles. The van der Waals surface area contributed by atoms with E-state index in [0.717, 1.165) is 43.1 Å². The lowest BCUT2D eigenvalue weighted by molar-refractivity contribution is 0.0937. The maximum Gasteiger partial charge on any atom is 0.251 e. The van der Waals surface area contributed by atoms with E-state index < -0.39 is 0 Å². The molecular weight excluding hydrogens is 378 g/mol. The number of benzene rings is 2. The summed E-state index contributed by atoms with van der Waals surface area (Å²) in [5.41, 5.74) is 3.66. The van der Waals surface area contributed by atoms with Crippen LogP contribution in [-0.4, -0.2) is 35.1 Å². The first kappa shape index (κ1) is 20.2. The van der Waals surface area contributed by atoms with Gasteiger partial charge in [-0.15, -0.1) is 0 Å². The Kier molecular flexibility index (Phi) is 6.14. The number of carbonyl (C=O) groups excluding carboxylic acids is 1. The zero-order chi connectivity index (χ0) is 20.9. The summed E-state index contributed by atoms with van der Waals surface area (Å²) in [6.45, 7) is 6.89. The Morgan fingerprint density at radius 2 is 2.03 bits per heavy atom. The fourth-order valence-corrected chi connectivity index (χ4v) is 3.80. The van der Waals surface area contributed by atoms with Crippen molar-refractivity contribution in [3.63, 3.8) is 0 Å². The van der Waals surface area contributed by atoms with Crippen LogP contribution in [0.2, 0.25) is 0 Å². The second kappa shape index (κ2) is 9.13. The molecule has 0 saturated carbocycles. The molecule has 1 aromatic heterocycles. The fourth-order valence-electron chi connectivity index (χ4n) is 3.80. The van der Waals surface area contributed by atoms with Crippen LogP contribution in [0.5, 0.6) is 5.75 Å². The van der Waals surface area contributed by atoms with Crippen molar-refractivity contribution >= 4 is 5.91 Å². The molecule has 2 aromatic carbocycles. The fraction of sp³-hybridized carbons (Fsp3) is 0.333. The number of rotatable bonds is 7. The summed E-state index contributed by atoms with van der Waals surface area (Å²) < 4.78 is 11.0. The van der Waals surface area contributed by atoms with Crippen LogP contribution in [0.15, 0.2) is 59.1 Å². The quantitative estimate of drug-likeness (QED) is 0.646. The van der Waals surface area contributed by atoms with Gasteiger partial charge in [-0.05, 0) is 44.0 Å². The lowest BCUT2D eigenvalue weighted by Gasteiger charge is -2.17. The Morgan fingerprint density at radius 3 is 2.80 bits per heavy atom. The summed E-state index contributed by atoms with van der Waals surface area (Å²) in [5.74, 6) is 1.34. The standard InChI is InChI=1S/C24H27N3O3/c1-17-23(18(2)30-26-17)16-29-22-10-6-9-20(13-22)24(28)25-21-11-12-27(15-21)14-19-7-4-3-5-8-19/h3-10,13,21H,11-12,14-16H2,1-2H3,(H,25,28). The number of amides is 1. The van der Waals surface area contributed by atoms with Crippen molar-refractivity contribution in [1.82, 2.24) is 15.4 Å². The van der Waals surface area contributed by atoms with Crippen molar-refractivity contribution in [3.05, 3.63) is 82.7 Å². The van der Waals surface area contributed by atoms with Gasteiger partial charge in [0, 0.05) is 31.2 Å². The monoisotopic (exact) mass is 405 g/mol. The zero-order valence-corrected chi connectivity index (χ0v) is 17.4. The van der Waals surface area contributed by atoms with Crippen LogP contribution in [0.4, 0.5) is 0 Å². The first-order chi connectivity index (χ1) is 14.6. The van der Waals surface area contributed by atoms with E-state index in [9.17, 15) is 4.79 Å². The molecular formula is C24H27N3O3. The summed E-state index contributed by atoms with van der Waals surface area (Å²) in [6.07, 6.45) is 0.959. The predicted molar refractivity (Wildman–Crippen MR) is 114 cm³/mol. The molecule has 156 valence electrons. The highest BCUT2D eigenvalue weighted by atomic mass is 16.5. The second-order valence-electron chi connectivity index (χ2n) is 7.80. The first-order valence-electron chi connectivity index (χ1n) is 10.3. The predicted octanol–water partition coefficient (Wildman–Crippen LogP) is 3.87. The van der Waals surface area contributed by atoms with Crippen molar-refractivity contribution in [1.29, 1.82) is 0 Å². The van der Waals surface area contributed by atoms with E-state index in [2.05, 4.69) is 39.6 Å². The average molecular weight is 405 g/mol. The van der Waals surface area contributed by atoms with Gasteiger partial charge < -0.3 is 14.6 Å². The molecule has 4 rings (SSSR count). The summed E-state index contributed by atoms with van der Waals surface area (Å²) >= 11 is 0. The van der Waals surface area contributed by atoms with Crippen molar-refractivity contribution in [2.45, 2.75) is 39.5 Å². The maximum atomic E-state index is 12.7. The summed E-state index contributed by atoms with van der Waals surface area (Å²) in [6, 6.07) is 17.9. The van der Waals surface area contributed by atoms with Gasteiger partial charge >= 0.3 is 0 Å². The number of hydrogen-bond donors (Lipinski definition) is 1. The van der Waals surface area contributed by atoms with Crippen LogP contribution in [-0.2, 0) is 13.2 Å². The van der Waals surface area contributed by atoms with Crippen LogP contribution in [0, 0.1) is 13.8 Å². The van der Waals surface area contributed by atoms with Crippen molar-refractivity contribution < 1.29 is 14.1 Å². The molecule has 1 atom stereocenters. The lowest BCUT2D eigenvalue weighted by Crippen LogP contribution is -2.37. The van der Waals surface area contributed by atoms with Crippen LogP contribution in [0.1, 0.15) is 39.4 Å². The molecule has 1 aliphatic rings. The minimum Gasteiger partial charge on any atom is -0.489 e. The Hall–Kier alpha value is -3.12. The molecule has 3 aromatic rings. The third-order valence-electron chi connectivity index (χ3n) is 5.52. The van der Waals surface area contributed by atoms with Crippen molar-refractivity contribution in [2.24, 2.45) is 0 Å². The average Bonchev–Trinajstić information content (AvgIpc) is 3.33. The smallest absolute Gasteiger partial charge is 0.251 e. The van der Waals surface area contributed by atoms with Gasteiger partial charge in [0.05, 0.1) is 11.3 Å². The van der Waals surface area contributed by atoms with E-state index in [0.29, 0.717) is 17.9 Å². The molecule has 0 radical (unpaired) electrons. The van der Waals surface area contributed by atoms with Crippen LogP contribution in [0.25, 0.3) is 0 Å². The van der Waals surface area contributed by atoms with Gasteiger partial charge in [0.2, 0.25) is 0 Å². The molecule has 0 spiro atoms. The van der Waals surface area contributed by atoms with E-state index in [1.165, 1.54) is 5.56 Å². The number of aryl methyl sites for hydroxylation is 2. The molecule has 2 heterocycles. The third-order valence-corrected chi connectivity index (χ3v) is 5.52. The van der Waals surface area contributed by atoms with E-state index in [4.69, 9.17) is 9.26 Å². The number of aromatic nitrogens is 1. The van der Waals surface area contributed by atoms with Gasteiger partial charge in [-0.1, -0.05) is 41.6 Å². The molecule has 1 amide bonds. The van der Waals surface area contributed by atoms with E-state index in [-0.39, 0.29) is 11.9 Å². The maximum absolute atomic E-state index is 12.7. The topological polar surface area (TPSA) is 67.6 Å². The molecule has 1 N–H and O–H groups in total. The molecule has 6 nitrogen and oxygen atoms in total. The third kappa shape index (κ3) is 4.89. The Labute approximate surface area is 176 Å². The second-order valence-corrected chi connectivity index (χ2v) is 7.80. The molecule has 6 heteroatoms. The van der Waals surface area contributed by atoms with Gasteiger partial charge in [-0.3, -0.25) is 9.69 Å². The summed E-state index contributed by atoms with van der Waals surface area (Å²) in [4.78, 5) is 15.1. The van der Waals surface area contributed by atoms with Crippen LogP contribution in [0.3, 0.4) is 0 Å². The minimum atomic E-state index is -0.0654. The summed E-state index contributed by atoms with van der Waals surface area (Å²) in [5, 5.41) is 7.11. The SMILES string of the molecule is Cc1noc(C)c1COc1cccc(C(=O)NC2CCN(Cc3ccccc3)C2)c1. The Morgan fingerprint density at radius 1 is 1.20 bits per heavy atom. The first-order valence-corrected chi connectivity index (χ1v) is 10.3. The van der Waals surface area contributed by atoms with E-state index >= 15 is 0 Å². The number of ether oxygens (including phenoxy) is 1. The van der Waals surface area contributed by atoms with Crippen molar-refractivity contribution in [3.8, 4) is 5.75 Å². The largest absolute Gasteiger partial charge is 0.489 e. The minimum absolute atomic E-state index is 0.0654. The van der Waals surface area contributed by atoms with Gasteiger partial charge in [-0.25, -0.2) is 0 Å². The lowest BCUT2D eigenvalue weighted by atomic mass is 10.1. The van der Waals surface area contributed by atoms with Gasteiger partial charge in [0.1, 0.15) is 18.1 Å². The highest BCUT2D eigenvalue weighted by Crippen LogP contribution is 2.19. The number of likely N-dealkylation sites (tertiary alicyclic amines) is 1. The van der Waals surface area contributed by atoms with Gasteiger partial charge in [0.25, 0.3) is 5.91 Å². The highest BCUT2D eigenvalue weighted by Gasteiger charge is 2.24. The van der Waals surface area contributed by atoms with Crippen LogP contribution < -0.4 is 10.1 Å². The van der Waals surface area contributed by atoms with Crippen LogP contribution >= 0.6 is 0 Å². The highest BCUT2D eigenvalue weighted by molar-refractivity contribution is 5.94. The molecule has 1 fully saturated rings. The number of carbonyl (C=O) groups is 1. The van der Waals surface area contributed by atoms with Gasteiger partial charge in [-0.2, -0.15) is 0 Å². The molecule has 0 aliphatic carbocycles. The molecule has 0 bridgehead atoms. The van der Waals surface area contributed by atoms with Crippen molar-refractivity contribution in [2.75, 3.05) is 13.1 Å². The van der Waals surface area contributed by atoms with Gasteiger partial charge in [0.15, 0.2) is 0 Å². The molecule has 1 unspecified atom stereocenters. The Bertz CT molecular complexity index is 980. The molecule has 30 heavy (non-hydrogen) atoms. The number of nitrogens with one attached hydrogen (secondary N) is 1. The number of hydrogen-bond acceptors (Lipinski definition) is 5. The normalized spacial score (nSPS) is 16.5. The zero-order valence-electron chi connectivity index (χ0n) is 17.4. The molecule has 1 aliphatic heterocycles. The summed E-state index contributed by atoms with van der Waals surface area (Å²) in [7, 11) is 0.